The Morgan fingerprint density at radius 2 is 1.68 bits per heavy atom. The van der Waals surface area contributed by atoms with Crippen LogP contribution in [0.1, 0.15) is 31.0 Å². The third kappa shape index (κ3) is 2.32. The highest BCUT2D eigenvalue weighted by Crippen LogP contribution is 2.55. The van der Waals surface area contributed by atoms with Crippen molar-refractivity contribution in [1.29, 1.82) is 0 Å². The number of pyridine rings is 1. The minimum atomic E-state index is 0.176. The zero-order valence-electron chi connectivity index (χ0n) is 16.4. The highest BCUT2D eigenvalue weighted by molar-refractivity contribution is 5.88. The van der Waals surface area contributed by atoms with Crippen LogP contribution in [-0.4, -0.2) is 11.1 Å². The fourth-order valence-electron chi connectivity index (χ4n) is 4.83. The summed E-state index contributed by atoms with van der Waals surface area (Å²) < 4.78 is 0. The van der Waals surface area contributed by atoms with Crippen LogP contribution in [0, 0.1) is 5.92 Å². The molecule has 0 amide bonds. The van der Waals surface area contributed by atoms with Crippen LogP contribution < -0.4 is 9.80 Å². The topological polar surface area (TPSA) is 19.4 Å². The number of hydrogen-bond acceptors (Lipinski definition) is 3. The largest absolute Gasteiger partial charge is 0.317 e. The van der Waals surface area contributed by atoms with Gasteiger partial charge in [-0.3, -0.25) is 0 Å². The third-order valence-electron chi connectivity index (χ3n) is 6.17. The molecule has 0 saturated carbocycles. The molecule has 3 heteroatoms. The average Bonchev–Trinajstić information content (AvgIpc) is 3.09. The molecule has 0 fully saturated rings. The van der Waals surface area contributed by atoms with Gasteiger partial charge in [-0.05, 0) is 42.3 Å². The molecule has 3 nitrogen and oxygen atoms in total. The second-order valence-electron chi connectivity index (χ2n) is 7.67. The van der Waals surface area contributed by atoms with E-state index in [-0.39, 0.29) is 6.17 Å². The molecular weight excluding hydrogens is 342 g/mol. The normalized spacial score (nSPS) is 22.4. The van der Waals surface area contributed by atoms with Crippen LogP contribution in [0.5, 0.6) is 0 Å². The van der Waals surface area contributed by atoms with Crippen LogP contribution in [0.25, 0.3) is 0 Å². The molecule has 0 spiro atoms. The van der Waals surface area contributed by atoms with E-state index in [9.17, 15) is 0 Å². The van der Waals surface area contributed by atoms with E-state index in [4.69, 9.17) is 4.98 Å². The summed E-state index contributed by atoms with van der Waals surface area (Å²) in [6.45, 7) is 8.67. The maximum Gasteiger partial charge on any atom is 0.159 e. The summed E-state index contributed by atoms with van der Waals surface area (Å²) in [5.74, 6) is 1.74. The molecule has 2 aliphatic rings. The highest BCUT2D eigenvalue weighted by Gasteiger charge is 2.48. The Balaban J connectivity index is 1.79. The fourth-order valence-corrected chi connectivity index (χ4v) is 4.83. The van der Waals surface area contributed by atoms with Crippen LogP contribution in [0.15, 0.2) is 79.4 Å². The van der Waals surface area contributed by atoms with Crippen LogP contribution in [0.2, 0.25) is 0 Å². The number of aromatic nitrogens is 1. The Morgan fingerprint density at radius 1 is 0.929 bits per heavy atom. The van der Waals surface area contributed by atoms with Gasteiger partial charge in [0.2, 0.25) is 0 Å². The van der Waals surface area contributed by atoms with E-state index in [1.165, 1.54) is 22.6 Å². The van der Waals surface area contributed by atoms with Crippen molar-refractivity contribution < 1.29 is 0 Å². The van der Waals surface area contributed by atoms with Gasteiger partial charge in [0.1, 0.15) is 6.17 Å². The number of nitrogens with zero attached hydrogens (tertiary/aromatic N) is 3. The zero-order valence-corrected chi connectivity index (χ0v) is 16.4. The first-order valence-corrected chi connectivity index (χ1v) is 10.1. The molecule has 2 aliphatic heterocycles. The number of allylic oxidation sites excluding steroid dienone is 1. The summed E-state index contributed by atoms with van der Waals surface area (Å²) in [5.41, 5.74) is 6.10. The van der Waals surface area contributed by atoms with E-state index in [1.807, 2.05) is 0 Å². The van der Waals surface area contributed by atoms with Crippen molar-refractivity contribution in [2.24, 2.45) is 5.92 Å². The summed E-state index contributed by atoms with van der Waals surface area (Å²) in [5, 5.41) is 0. The lowest BCUT2D eigenvalue weighted by Crippen LogP contribution is -2.48. The summed E-state index contributed by atoms with van der Waals surface area (Å²) in [4.78, 5) is 9.98. The van der Waals surface area contributed by atoms with Gasteiger partial charge in [-0.1, -0.05) is 56.3 Å². The number of benzene rings is 2. The highest BCUT2D eigenvalue weighted by atomic mass is 15.5. The number of hydrogen-bond donors (Lipinski definition) is 0. The number of aryl methyl sites for hydroxylation is 1. The summed E-state index contributed by atoms with van der Waals surface area (Å²) in [6, 6.07) is 23.8. The van der Waals surface area contributed by atoms with Crippen molar-refractivity contribution in [3.63, 3.8) is 0 Å². The molecule has 2 aromatic carbocycles. The van der Waals surface area contributed by atoms with E-state index in [0.29, 0.717) is 11.8 Å². The van der Waals surface area contributed by atoms with E-state index in [0.717, 1.165) is 17.9 Å². The molecule has 0 radical (unpaired) electrons. The lowest BCUT2D eigenvalue weighted by Gasteiger charge is -2.44. The van der Waals surface area contributed by atoms with Crippen molar-refractivity contribution in [2.75, 3.05) is 9.80 Å². The van der Waals surface area contributed by atoms with Crippen LogP contribution in [0.3, 0.4) is 0 Å². The molecule has 0 N–H and O–H groups in total. The quantitative estimate of drug-likeness (QED) is 0.515. The minimum absolute atomic E-state index is 0.176. The predicted molar refractivity (Wildman–Crippen MR) is 117 cm³/mol. The van der Waals surface area contributed by atoms with Gasteiger partial charge >= 0.3 is 0 Å². The van der Waals surface area contributed by atoms with E-state index in [1.54, 1.807) is 0 Å². The van der Waals surface area contributed by atoms with Gasteiger partial charge in [-0.25, -0.2) is 4.98 Å². The molecular formula is C25H25N3. The molecule has 1 aromatic heterocycles. The maximum atomic E-state index is 5.07. The number of para-hydroxylation sites is 2. The smallest absolute Gasteiger partial charge is 0.159 e. The van der Waals surface area contributed by atoms with Crippen LogP contribution in [-0.2, 0) is 6.42 Å². The summed E-state index contributed by atoms with van der Waals surface area (Å²) in [6.07, 6.45) is 3.22. The standard InChI is InChI=1S/C25H25N3/c1-4-18-15-16-23-24(26-18)28-22-14-10-9-13-21(22)20(5-2)17(3)25(28)27(23)19-11-7-6-8-12-19/h5-17,20,25H,2,4H2,1,3H3. The Hall–Kier alpha value is -3.07. The van der Waals surface area contributed by atoms with Gasteiger partial charge < -0.3 is 9.80 Å². The van der Waals surface area contributed by atoms with Gasteiger partial charge in [0, 0.05) is 28.9 Å². The van der Waals surface area contributed by atoms with Crippen molar-refractivity contribution in [3.8, 4) is 0 Å². The molecule has 5 rings (SSSR count). The average molecular weight is 367 g/mol. The molecule has 0 aliphatic carbocycles. The second-order valence-corrected chi connectivity index (χ2v) is 7.67. The number of fused-ring (bicyclic) bond motifs is 5. The van der Waals surface area contributed by atoms with Crippen molar-refractivity contribution in [3.05, 3.63) is 90.6 Å². The van der Waals surface area contributed by atoms with Crippen molar-refractivity contribution in [2.45, 2.75) is 32.4 Å². The second kappa shape index (κ2) is 6.52. The first kappa shape index (κ1) is 17.1. The minimum Gasteiger partial charge on any atom is -0.317 e. The fraction of sp³-hybridized carbons (Fsp3) is 0.240. The van der Waals surface area contributed by atoms with Gasteiger partial charge in [-0.15, -0.1) is 6.58 Å². The summed E-state index contributed by atoms with van der Waals surface area (Å²) in [7, 11) is 0. The van der Waals surface area contributed by atoms with E-state index in [2.05, 4.69) is 103 Å². The lowest BCUT2D eigenvalue weighted by molar-refractivity contribution is 0.409. The molecule has 3 heterocycles. The van der Waals surface area contributed by atoms with Gasteiger partial charge in [0.25, 0.3) is 0 Å². The first-order chi connectivity index (χ1) is 13.7. The molecule has 3 atom stereocenters. The Labute approximate surface area is 167 Å². The van der Waals surface area contributed by atoms with Gasteiger partial charge in [-0.2, -0.15) is 0 Å². The molecule has 3 unspecified atom stereocenters. The Bertz CT molecular complexity index is 1030. The molecule has 3 aromatic rings. The predicted octanol–water partition coefficient (Wildman–Crippen LogP) is 6.18. The summed E-state index contributed by atoms with van der Waals surface area (Å²) >= 11 is 0. The van der Waals surface area contributed by atoms with Crippen LogP contribution in [0.4, 0.5) is 22.9 Å². The van der Waals surface area contributed by atoms with E-state index < -0.39 is 0 Å². The van der Waals surface area contributed by atoms with Crippen LogP contribution >= 0.6 is 0 Å². The van der Waals surface area contributed by atoms with Crippen molar-refractivity contribution in [1.82, 2.24) is 4.98 Å². The molecule has 0 saturated heterocycles. The van der Waals surface area contributed by atoms with Gasteiger partial charge in [0.15, 0.2) is 5.82 Å². The van der Waals surface area contributed by atoms with Crippen molar-refractivity contribution >= 4 is 22.9 Å². The number of anilines is 4. The first-order valence-electron chi connectivity index (χ1n) is 10.1. The van der Waals surface area contributed by atoms with Gasteiger partial charge in [0.05, 0.1) is 5.69 Å². The lowest BCUT2D eigenvalue weighted by atomic mass is 9.80. The SMILES string of the molecule is C=CC1c2ccccc2N2c3nc(CC)ccc3N(c3ccccc3)C2C1C. The Kier molecular flexibility index (Phi) is 3.97. The zero-order chi connectivity index (χ0) is 19.3. The Morgan fingerprint density at radius 3 is 2.43 bits per heavy atom. The molecule has 140 valence electrons. The molecule has 28 heavy (non-hydrogen) atoms. The number of rotatable bonds is 3. The maximum absolute atomic E-state index is 5.07. The van der Waals surface area contributed by atoms with E-state index >= 15 is 0 Å². The third-order valence-corrected chi connectivity index (χ3v) is 6.17. The monoisotopic (exact) mass is 367 g/mol. The molecule has 0 bridgehead atoms.